The standard InChI is InChI=1S/C12H14N2O/c1-14-7-11(15)12(14)9-2-3-10-8(6-9)4-5-13-10/h2-6,11-13,15H,7H2,1H3. The molecule has 0 saturated carbocycles. The fourth-order valence-electron chi connectivity index (χ4n) is 2.40. The van der Waals surface area contributed by atoms with Crippen molar-refractivity contribution >= 4 is 10.9 Å². The molecule has 2 unspecified atom stereocenters. The highest BCUT2D eigenvalue weighted by molar-refractivity contribution is 5.80. The van der Waals surface area contributed by atoms with Gasteiger partial charge in [-0.15, -0.1) is 0 Å². The van der Waals surface area contributed by atoms with Crippen LogP contribution in [0.2, 0.25) is 0 Å². The van der Waals surface area contributed by atoms with Crippen LogP contribution in [0.3, 0.4) is 0 Å². The zero-order chi connectivity index (χ0) is 10.4. The van der Waals surface area contributed by atoms with E-state index in [-0.39, 0.29) is 12.1 Å². The maximum absolute atomic E-state index is 9.70. The van der Waals surface area contributed by atoms with E-state index in [0.717, 1.165) is 12.1 Å². The summed E-state index contributed by atoms with van der Waals surface area (Å²) >= 11 is 0. The van der Waals surface area contributed by atoms with E-state index < -0.39 is 0 Å². The first-order chi connectivity index (χ1) is 7.25. The lowest BCUT2D eigenvalue weighted by molar-refractivity contribution is -0.0467. The van der Waals surface area contributed by atoms with Gasteiger partial charge in [0.05, 0.1) is 12.1 Å². The molecule has 2 N–H and O–H groups in total. The number of fused-ring (bicyclic) bond motifs is 1. The van der Waals surface area contributed by atoms with Crippen molar-refractivity contribution < 1.29 is 5.11 Å². The molecule has 0 amide bonds. The van der Waals surface area contributed by atoms with Gasteiger partial charge in [0.15, 0.2) is 0 Å². The summed E-state index contributed by atoms with van der Waals surface area (Å²) in [5.74, 6) is 0. The number of nitrogens with zero attached hydrogens (tertiary/aromatic N) is 1. The van der Waals surface area contributed by atoms with Gasteiger partial charge >= 0.3 is 0 Å². The van der Waals surface area contributed by atoms with Crippen molar-refractivity contribution in [3.8, 4) is 0 Å². The number of likely N-dealkylation sites (tertiary alicyclic amines) is 1. The molecule has 2 heterocycles. The van der Waals surface area contributed by atoms with Crippen LogP contribution < -0.4 is 0 Å². The van der Waals surface area contributed by atoms with Crippen LogP contribution in [-0.4, -0.2) is 34.7 Å². The molecule has 1 aliphatic heterocycles. The van der Waals surface area contributed by atoms with Crippen molar-refractivity contribution in [2.75, 3.05) is 13.6 Å². The van der Waals surface area contributed by atoms with Crippen LogP contribution in [0.4, 0.5) is 0 Å². The van der Waals surface area contributed by atoms with E-state index in [0.29, 0.717) is 0 Å². The topological polar surface area (TPSA) is 39.3 Å². The summed E-state index contributed by atoms with van der Waals surface area (Å²) in [4.78, 5) is 5.33. The van der Waals surface area contributed by atoms with Gasteiger partial charge in [-0.3, -0.25) is 4.90 Å². The van der Waals surface area contributed by atoms with Gasteiger partial charge in [0.25, 0.3) is 0 Å². The van der Waals surface area contributed by atoms with Crippen molar-refractivity contribution in [1.82, 2.24) is 9.88 Å². The summed E-state index contributed by atoms with van der Waals surface area (Å²) < 4.78 is 0. The van der Waals surface area contributed by atoms with Crippen molar-refractivity contribution in [2.24, 2.45) is 0 Å². The summed E-state index contributed by atoms with van der Waals surface area (Å²) in [6.45, 7) is 0.774. The van der Waals surface area contributed by atoms with Gasteiger partial charge in [-0.1, -0.05) is 6.07 Å². The van der Waals surface area contributed by atoms with E-state index in [2.05, 4.69) is 34.1 Å². The van der Waals surface area contributed by atoms with E-state index in [9.17, 15) is 5.11 Å². The van der Waals surface area contributed by atoms with Gasteiger partial charge in [-0.25, -0.2) is 0 Å². The van der Waals surface area contributed by atoms with Crippen LogP contribution in [0.25, 0.3) is 10.9 Å². The second kappa shape index (κ2) is 3.08. The first kappa shape index (κ1) is 8.95. The van der Waals surface area contributed by atoms with Crippen LogP contribution >= 0.6 is 0 Å². The van der Waals surface area contributed by atoms with Gasteiger partial charge in [0, 0.05) is 18.3 Å². The van der Waals surface area contributed by atoms with E-state index in [1.807, 2.05) is 13.2 Å². The Morgan fingerprint density at radius 2 is 2.27 bits per heavy atom. The van der Waals surface area contributed by atoms with Gasteiger partial charge in [0.1, 0.15) is 0 Å². The maximum Gasteiger partial charge on any atom is 0.0863 e. The number of aliphatic hydroxyl groups excluding tert-OH is 1. The highest BCUT2D eigenvalue weighted by Crippen LogP contribution is 2.33. The normalized spacial score (nSPS) is 26.8. The predicted octanol–water partition coefficient (Wildman–Crippen LogP) is 1.52. The van der Waals surface area contributed by atoms with Crippen LogP contribution in [0.5, 0.6) is 0 Å². The Morgan fingerprint density at radius 1 is 1.40 bits per heavy atom. The Labute approximate surface area is 88.3 Å². The van der Waals surface area contributed by atoms with E-state index >= 15 is 0 Å². The third kappa shape index (κ3) is 1.28. The number of aromatic nitrogens is 1. The molecular weight excluding hydrogens is 188 g/mol. The monoisotopic (exact) mass is 202 g/mol. The van der Waals surface area contributed by atoms with Crippen molar-refractivity contribution in [2.45, 2.75) is 12.1 Å². The van der Waals surface area contributed by atoms with E-state index in [4.69, 9.17) is 0 Å². The fourth-order valence-corrected chi connectivity index (χ4v) is 2.40. The Balaban J connectivity index is 2.03. The van der Waals surface area contributed by atoms with Crippen LogP contribution in [0, 0.1) is 0 Å². The number of nitrogens with one attached hydrogen (secondary N) is 1. The number of H-pyrrole nitrogens is 1. The lowest BCUT2D eigenvalue weighted by Crippen LogP contribution is -2.51. The highest BCUT2D eigenvalue weighted by Gasteiger charge is 2.35. The molecular formula is C12H14N2O. The number of β-amino-alcohol motifs (C(OH)–C–C–N with tert-alkyl or cyclic N) is 1. The minimum atomic E-state index is -0.216. The lowest BCUT2D eigenvalue weighted by atomic mass is 9.92. The maximum atomic E-state index is 9.70. The Morgan fingerprint density at radius 3 is 3.00 bits per heavy atom. The summed E-state index contributed by atoms with van der Waals surface area (Å²) in [7, 11) is 2.04. The number of benzene rings is 1. The number of rotatable bonds is 1. The molecule has 2 atom stereocenters. The summed E-state index contributed by atoms with van der Waals surface area (Å²) in [6.07, 6.45) is 1.72. The molecule has 1 saturated heterocycles. The number of aromatic amines is 1. The first-order valence-corrected chi connectivity index (χ1v) is 5.21. The van der Waals surface area contributed by atoms with Gasteiger partial charge in [-0.05, 0) is 36.2 Å². The summed E-state index contributed by atoms with van der Waals surface area (Å²) in [5, 5.41) is 10.9. The van der Waals surface area contributed by atoms with Crippen molar-refractivity contribution in [3.63, 3.8) is 0 Å². The Hall–Kier alpha value is -1.32. The quantitative estimate of drug-likeness (QED) is 0.736. The second-order valence-corrected chi connectivity index (χ2v) is 4.28. The van der Waals surface area contributed by atoms with Gasteiger partial charge in [0.2, 0.25) is 0 Å². The third-order valence-corrected chi connectivity index (χ3v) is 3.23. The smallest absolute Gasteiger partial charge is 0.0863 e. The van der Waals surface area contributed by atoms with Gasteiger partial charge in [-0.2, -0.15) is 0 Å². The molecule has 15 heavy (non-hydrogen) atoms. The molecule has 1 aromatic carbocycles. The zero-order valence-corrected chi connectivity index (χ0v) is 8.64. The summed E-state index contributed by atoms with van der Waals surface area (Å²) in [6, 6.07) is 8.54. The minimum Gasteiger partial charge on any atom is -0.390 e. The molecule has 3 heteroatoms. The molecule has 0 radical (unpaired) electrons. The average Bonchev–Trinajstić information content (AvgIpc) is 2.64. The molecule has 0 bridgehead atoms. The minimum absolute atomic E-state index is 0.171. The highest BCUT2D eigenvalue weighted by atomic mass is 16.3. The summed E-state index contributed by atoms with van der Waals surface area (Å²) in [5.41, 5.74) is 2.35. The Kier molecular flexibility index (Phi) is 1.84. The number of likely N-dealkylation sites (N-methyl/N-ethyl adjacent to an activating group) is 1. The van der Waals surface area contributed by atoms with E-state index in [1.54, 1.807) is 0 Å². The molecule has 0 aliphatic carbocycles. The average molecular weight is 202 g/mol. The molecule has 1 aliphatic rings. The number of aliphatic hydroxyl groups is 1. The fraction of sp³-hybridized carbons (Fsp3) is 0.333. The van der Waals surface area contributed by atoms with Crippen molar-refractivity contribution in [1.29, 1.82) is 0 Å². The molecule has 78 valence electrons. The van der Waals surface area contributed by atoms with Crippen LogP contribution in [0.1, 0.15) is 11.6 Å². The van der Waals surface area contributed by atoms with Gasteiger partial charge < -0.3 is 10.1 Å². The molecule has 3 nitrogen and oxygen atoms in total. The van der Waals surface area contributed by atoms with Crippen molar-refractivity contribution in [3.05, 3.63) is 36.0 Å². The largest absolute Gasteiger partial charge is 0.390 e. The lowest BCUT2D eigenvalue weighted by Gasteiger charge is -2.43. The van der Waals surface area contributed by atoms with Crippen LogP contribution in [-0.2, 0) is 0 Å². The number of hydrogen-bond acceptors (Lipinski definition) is 2. The SMILES string of the molecule is CN1CC(O)C1c1ccc2[nH]ccc2c1. The second-order valence-electron chi connectivity index (χ2n) is 4.28. The Bertz CT molecular complexity index is 483. The molecule has 0 spiro atoms. The third-order valence-electron chi connectivity index (χ3n) is 3.23. The molecule has 1 fully saturated rings. The van der Waals surface area contributed by atoms with Crippen LogP contribution in [0.15, 0.2) is 30.5 Å². The molecule has 1 aromatic heterocycles. The number of hydrogen-bond donors (Lipinski definition) is 2. The first-order valence-electron chi connectivity index (χ1n) is 5.21. The predicted molar refractivity (Wildman–Crippen MR) is 59.7 cm³/mol. The van der Waals surface area contributed by atoms with E-state index in [1.165, 1.54) is 10.9 Å². The molecule has 3 rings (SSSR count). The molecule has 2 aromatic rings. The zero-order valence-electron chi connectivity index (χ0n) is 8.64.